The molecule has 2 aliphatic rings. The van der Waals surface area contributed by atoms with Gasteiger partial charge in [0.1, 0.15) is 13.2 Å². The molecule has 2 heterocycles. The van der Waals surface area contributed by atoms with Gasteiger partial charge in [0.15, 0.2) is 11.5 Å². The molecule has 2 atom stereocenters. The molecule has 0 aliphatic carbocycles. The maximum atomic E-state index is 12.4. The van der Waals surface area contributed by atoms with Gasteiger partial charge in [-0.1, -0.05) is 0 Å². The number of carbonyl (C=O) groups is 1. The fourth-order valence-electron chi connectivity index (χ4n) is 2.78. The molecular weight excluding hydrogens is 286 g/mol. The summed E-state index contributed by atoms with van der Waals surface area (Å²) in [4.78, 5) is 12.4. The van der Waals surface area contributed by atoms with E-state index in [1.165, 1.54) is 0 Å². The highest BCUT2D eigenvalue weighted by Gasteiger charge is 2.26. The lowest BCUT2D eigenvalue weighted by Gasteiger charge is -2.23. The van der Waals surface area contributed by atoms with Gasteiger partial charge in [-0.25, -0.2) is 0 Å². The molecule has 0 unspecified atom stereocenters. The predicted octanol–water partition coefficient (Wildman–Crippen LogP) is 1.76. The predicted molar refractivity (Wildman–Crippen MR) is 79.9 cm³/mol. The molecule has 0 radical (unpaired) electrons. The SMILES string of the molecule is COc1cc(C(=O)N[C@@H](C)[C@@H]2CCCO2)cc2c1OCCO2. The van der Waals surface area contributed by atoms with Crippen molar-refractivity contribution >= 4 is 5.91 Å². The van der Waals surface area contributed by atoms with E-state index in [9.17, 15) is 4.79 Å². The molecule has 0 aromatic heterocycles. The monoisotopic (exact) mass is 307 g/mol. The maximum absolute atomic E-state index is 12.4. The van der Waals surface area contributed by atoms with E-state index in [0.717, 1.165) is 19.4 Å². The molecule has 3 rings (SSSR count). The zero-order valence-corrected chi connectivity index (χ0v) is 12.9. The van der Waals surface area contributed by atoms with Crippen LogP contribution in [-0.4, -0.2) is 45.0 Å². The first-order valence-corrected chi connectivity index (χ1v) is 7.59. The summed E-state index contributed by atoms with van der Waals surface area (Å²) >= 11 is 0. The molecule has 1 aromatic carbocycles. The number of amides is 1. The number of fused-ring (bicyclic) bond motifs is 1. The lowest BCUT2D eigenvalue weighted by atomic mass is 10.1. The Morgan fingerprint density at radius 2 is 2.14 bits per heavy atom. The highest BCUT2D eigenvalue weighted by atomic mass is 16.6. The Labute approximate surface area is 129 Å². The van der Waals surface area contributed by atoms with E-state index >= 15 is 0 Å². The fourth-order valence-corrected chi connectivity index (χ4v) is 2.78. The summed E-state index contributed by atoms with van der Waals surface area (Å²) in [5, 5.41) is 2.98. The quantitative estimate of drug-likeness (QED) is 0.918. The first kappa shape index (κ1) is 15.0. The van der Waals surface area contributed by atoms with Gasteiger partial charge < -0.3 is 24.3 Å². The number of hydrogen-bond acceptors (Lipinski definition) is 5. The van der Waals surface area contributed by atoms with Gasteiger partial charge in [-0.15, -0.1) is 0 Å². The average molecular weight is 307 g/mol. The van der Waals surface area contributed by atoms with Crippen LogP contribution in [0.15, 0.2) is 12.1 Å². The Kier molecular flexibility index (Phi) is 4.38. The molecule has 6 heteroatoms. The third-order valence-corrected chi connectivity index (χ3v) is 3.97. The van der Waals surface area contributed by atoms with Crippen LogP contribution in [0.25, 0.3) is 0 Å². The Bertz CT molecular complexity index is 536. The summed E-state index contributed by atoms with van der Waals surface area (Å²) in [5.41, 5.74) is 0.492. The van der Waals surface area contributed by atoms with Crippen molar-refractivity contribution in [2.75, 3.05) is 26.9 Å². The standard InChI is InChI=1S/C16H21NO5/c1-10(12-4-3-5-20-12)17-16(18)11-8-13(19-2)15-14(9-11)21-6-7-22-15/h8-10,12H,3-7H2,1-2H3,(H,17,18)/t10-,12-/m0/s1. The van der Waals surface area contributed by atoms with Crippen LogP contribution in [-0.2, 0) is 4.74 Å². The van der Waals surface area contributed by atoms with Gasteiger partial charge in [-0.3, -0.25) is 4.79 Å². The highest BCUT2D eigenvalue weighted by Crippen LogP contribution is 2.40. The van der Waals surface area contributed by atoms with Gasteiger partial charge in [0.25, 0.3) is 5.91 Å². The van der Waals surface area contributed by atoms with Crippen LogP contribution in [0.1, 0.15) is 30.1 Å². The van der Waals surface area contributed by atoms with E-state index in [2.05, 4.69) is 5.32 Å². The van der Waals surface area contributed by atoms with Crippen LogP contribution in [0, 0.1) is 0 Å². The third-order valence-electron chi connectivity index (χ3n) is 3.97. The molecule has 0 bridgehead atoms. The van der Waals surface area contributed by atoms with Crippen molar-refractivity contribution in [1.82, 2.24) is 5.32 Å². The average Bonchev–Trinajstić information content (AvgIpc) is 3.08. The second-order valence-corrected chi connectivity index (χ2v) is 5.52. The van der Waals surface area contributed by atoms with Gasteiger partial charge in [0, 0.05) is 12.2 Å². The molecule has 1 saturated heterocycles. The number of hydrogen-bond donors (Lipinski definition) is 1. The van der Waals surface area contributed by atoms with E-state index in [1.807, 2.05) is 6.92 Å². The van der Waals surface area contributed by atoms with Gasteiger partial charge in [0.05, 0.1) is 19.3 Å². The van der Waals surface area contributed by atoms with Crippen LogP contribution in [0.2, 0.25) is 0 Å². The number of nitrogens with one attached hydrogen (secondary N) is 1. The lowest BCUT2D eigenvalue weighted by Crippen LogP contribution is -2.40. The topological polar surface area (TPSA) is 66.0 Å². The van der Waals surface area contributed by atoms with Crippen LogP contribution >= 0.6 is 0 Å². The van der Waals surface area contributed by atoms with Gasteiger partial charge >= 0.3 is 0 Å². The summed E-state index contributed by atoms with van der Waals surface area (Å²) < 4.78 is 22.0. The third kappa shape index (κ3) is 2.97. The minimum atomic E-state index is -0.168. The lowest BCUT2D eigenvalue weighted by molar-refractivity contribution is 0.0711. The Balaban J connectivity index is 1.77. The Morgan fingerprint density at radius 1 is 1.32 bits per heavy atom. The van der Waals surface area contributed by atoms with Crippen molar-refractivity contribution in [2.45, 2.75) is 31.9 Å². The molecule has 1 fully saturated rings. The van der Waals surface area contributed by atoms with Gasteiger partial charge in [-0.2, -0.15) is 0 Å². The number of rotatable bonds is 4. The number of carbonyl (C=O) groups excluding carboxylic acids is 1. The fraction of sp³-hybridized carbons (Fsp3) is 0.562. The van der Waals surface area contributed by atoms with E-state index < -0.39 is 0 Å². The molecule has 2 aliphatic heterocycles. The largest absolute Gasteiger partial charge is 0.493 e. The van der Waals surface area contributed by atoms with Crippen LogP contribution in [0.4, 0.5) is 0 Å². The smallest absolute Gasteiger partial charge is 0.251 e. The summed E-state index contributed by atoms with van der Waals surface area (Å²) in [7, 11) is 1.55. The van der Waals surface area contributed by atoms with Crippen molar-refractivity contribution in [2.24, 2.45) is 0 Å². The van der Waals surface area contributed by atoms with Crippen molar-refractivity contribution < 1.29 is 23.7 Å². The molecule has 0 spiro atoms. The van der Waals surface area contributed by atoms with E-state index in [1.54, 1.807) is 19.2 Å². The summed E-state index contributed by atoms with van der Waals surface area (Å²) in [6, 6.07) is 3.33. The second kappa shape index (κ2) is 6.44. The van der Waals surface area contributed by atoms with E-state index in [4.69, 9.17) is 18.9 Å². The van der Waals surface area contributed by atoms with Crippen LogP contribution in [0.3, 0.4) is 0 Å². The van der Waals surface area contributed by atoms with Crippen molar-refractivity contribution in [1.29, 1.82) is 0 Å². The van der Waals surface area contributed by atoms with Crippen LogP contribution in [0.5, 0.6) is 17.2 Å². The molecular formula is C16H21NO5. The highest BCUT2D eigenvalue weighted by molar-refractivity contribution is 5.95. The molecule has 0 saturated carbocycles. The molecule has 22 heavy (non-hydrogen) atoms. The molecule has 1 N–H and O–H groups in total. The molecule has 1 aromatic rings. The van der Waals surface area contributed by atoms with Crippen LogP contribution < -0.4 is 19.5 Å². The first-order chi connectivity index (χ1) is 10.7. The zero-order chi connectivity index (χ0) is 15.5. The second-order valence-electron chi connectivity index (χ2n) is 5.52. The maximum Gasteiger partial charge on any atom is 0.251 e. The number of methoxy groups -OCH3 is 1. The summed E-state index contributed by atoms with van der Waals surface area (Å²) in [5.74, 6) is 1.43. The van der Waals surface area contributed by atoms with Crippen molar-refractivity contribution in [3.63, 3.8) is 0 Å². The van der Waals surface area contributed by atoms with Gasteiger partial charge in [-0.05, 0) is 31.9 Å². The normalized spacial score (nSPS) is 21.3. The zero-order valence-electron chi connectivity index (χ0n) is 12.9. The number of benzene rings is 1. The van der Waals surface area contributed by atoms with Gasteiger partial charge in [0.2, 0.25) is 5.75 Å². The minimum absolute atomic E-state index is 0.0332. The summed E-state index contributed by atoms with van der Waals surface area (Å²) in [6.07, 6.45) is 2.11. The van der Waals surface area contributed by atoms with E-state index in [0.29, 0.717) is 36.0 Å². The van der Waals surface area contributed by atoms with E-state index in [-0.39, 0.29) is 18.1 Å². The van der Waals surface area contributed by atoms with Crippen molar-refractivity contribution in [3.05, 3.63) is 17.7 Å². The minimum Gasteiger partial charge on any atom is -0.493 e. The Hall–Kier alpha value is -1.95. The number of ether oxygens (including phenoxy) is 4. The molecule has 1 amide bonds. The summed E-state index contributed by atoms with van der Waals surface area (Å²) in [6.45, 7) is 3.67. The molecule has 120 valence electrons. The Morgan fingerprint density at radius 3 is 2.86 bits per heavy atom. The van der Waals surface area contributed by atoms with Crippen molar-refractivity contribution in [3.8, 4) is 17.2 Å². The molecule has 6 nitrogen and oxygen atoms in total. The first-order valence-electron chi connectivity index (χ1n) is 7.59.